The van der Waals surface area contributed by atoms with Crippen molar-refractivity contribution in [3.8, 4) is 5.75 Å². The second-order valence-electron chi connectivity index (χ2n) is 4.39. The Morgan fingerprint density at radius 2 is 1.74 bits per heavy atom. The number of phenols is 1. The molecule has 98 valence electrons. The highest BCUT2D eigenvalue weighted by Crippen LogP contribution is 2.17. The van der Waals surface area contributed by atoms with E-state index in [1.807, 2.05) is 37.3 Å². The van der Waals surface area contributed by atoms with Gasteiger partial charge in [0.05, 0.1) is 6.04 Å². The third-order valence-electron chi connectivity index (χ3n) is 3.05. The fourth-order valence-electron chi connectivity index (χ4n) is 1.96. The van der Waals surface area contributed by atoms with Gasteiger partial charge in [0, 0.05) is 5.56 Å². The lowest BCUT2D eigenvalue weighted by Crippen LogP contribution is -2.28. The smallest absolute Gasteiger partial charge is 0.251 e. The largest absolute Gasteiger partial charge is 0.508 e. The molecule has 3 nitrogen and oxygen atoms in total. The van der Waals surface area contributed by atoms with Gasteiger partial charge in [0.25, 0.3) is 5.91 Å². The highest BCUT2D eigenvalue weighted by molar-refractivity contribution is 5.94. The summed E-state index contributed by atoms with van der Waals surface area (Å²) >= 11 is 0. The standard InChI is InChI=1S/C16H17NO2/c1-2-15(12-6-4-3-5-7-12)17-16(19)13-8-10-14(18)11-9-13/h3-11,15,18H,2H2,1H3,(H,17,19). The minimum Gasteiger partial charge on any atom is -0.508 e. The molecular formula is C16H17NO2. The van der Waals surface area contributed by atoms with Crippen LogP contribution in [0.2, 0.25) is 0 Å². The molecule has 0 aromatic heterocycles. The molecule has 0 bridgehead atoms. The first-order chi connectivity index (χ1) is 9.20. The van der Waals surface area contributed by atoms with Gasteiger partial charge in [-0.2, -0.15) is 0 Å². The molecule has 3 heteroatoms. The van der Waals surface area contributed by atoms with Crippen LogP contribution >= 0.6 is 0 Å². The Hall–Kier alpha value is -2.29. The minimum absolute atomic E-state index is 0.00232. The van der Waals surface area contributed by atoms with Gasteiger partial charge in [-0.25, -0.2) is 0 Å². The van der Waals surface area contributed by atoms with Gasteiger partial charge in [-0.05, 0) is 36.2 Å². The summed E-state index contributed by atoms with van der Waals surface area (Å²) in [6, 6.07) is 16.1. The molecule has 0 fully saturated rings. The van der Waals surface area contributed by atoms with Crippen molar-refractivity contribution in [2.24, 2.45) is 0 Å². The summed E-state index contributed by atoms with van der Waals surface area (Å²) in [5, 5.41) is 12.2. The van der Waals surface area contributed by atoms with Crippen molar-refractivity contribution in [1.29, 1.82) is 0 Å². The number of carbonyl (C=O) groups is 1. The average Bonchev–Trinajstić information content (AvgIpc) is 2.46. The SMILES string of the molecule is CCC(NC(=O)c1ccc(O)cc1)c1ccccc1. The van der Waals surface area contributed by atoms with Crippen LogP contribution in [0.3, 0.4) is 0 Å². The molecule has 1 amide bonds. The van der Waals surface area contributed by atoms with Gasteiger partial charge in [-0.15, -0.1) is 0 Å². The van der Waals surface area contributed by atoms with Gasteiger partial charge < -0.3 is 10.4 Å². The van der Waals surface area contributed by atoms with Crippen molar-refractivity contribution >= 4 is 5.91 Å². The second kappa shape index (κ2) is 6.05. The van der Waals surface area contributed by atoms with Crippen molar-refractivity contribution in [3.63, 3.8) is 0 Å². The third-order valence-corrected chi connectivity index (χ3v) is 3.05. The zero-order valence-corrected chi connectivity index (χ0v) is 10.8. The predicted octanol–water partition coefficient (Wildman–Crippen LogP) is 3.27. The van der Waals surface area contributed by atoms with Crippen LogP contribution in [-0.2, 0) is 0 Å². The molecule has 0 saturated heterocycles. The van der Waals surface area contributed by atoms with Crippen molar-refractivity contribution in [1.82, 2.24) is 5.32 Å². The van der Waals surface area contributed by atoms with E-state index in [0.29, 0.717) is 5.56 Å². The lowest BCUT2D eigenvalue weighted by molar-refractivity contribution is 0.0935. The zero-order valence-electron chi connectivity index (χ0n) is 10.8. The second-order valence-corrected chi connectivity index (χ2v) is 4.39. The Morgan fingerprint density at radius 1 is 1.11 bits per heavy atom. The number of phenolic OH excluding ortho intramolecular Hbond substituents is 1. The number of benzene rings is 2. The van der Waals surface area contributed by atoms with E-state index in [-0.39, 0.29) is 17.7 Å². The summed E-state index contributed by atoms with van der Waals surface area (Å²) in [5.41, 5.74) is 1.64. The fraction of sp³-hybridized carbons (Fsp3) is 0.188. The van der Waals surface area contributed by atoms with Gasteiger partial charge in [-0.3, -0.25) is 4.79 Å². The lowest BCUT2D eigenvalue weighted by Gasteiger charge is -2.17. The lowest BCUT2D eigenvalue weighted by atomic mass is 10.0. The summed E-state index contributed by atoms with van der Waals surface area (Å²) in [7, 11) is 0. The van der Waals surface area contributed by atoms with Gasteiger partial charge in [-0.1, -0.05) is 37.3 Å². The van der Waals surface area contributed by atoms with E-state index in [9.17, 15) is 9.90 Å². The van der Waals surface area contributed by atoms with E-state index in [1.165, 1.54) is 12.1 Å². The molecule has 0 aliphatic carbocycles. The van der Waals surface area contributed by atoms with E-state index in [0.717, 1.165) is 12.0 Å². The van der Waals surface area contributed by atoms with Gasteiger partial charge in [0.2, 0.25) is 0 Å². The fourth-order valence-corrected chi connectivity index (χ4v) is 1.96. The summed E-state index contributed by atoms with van der Waals surface area (Å²) < 4.78 is 0. The number of hydrogen-bond acceptors (Lipinski definition) is 2. The van der Waals surface area contributed by atoms with Crippen LogP contribution in [0, 0.1) is 0 Å². The summed E-state index contributed by atoms with van der Waals surface area (Å²) in [4.78, 5) is 12.1. The molecule has 0 aliphatic heterocycles. The molecule has 1 atom stereocenters. The topological polar surface area (TPSA) is 49.3 Å². The first-order valence-corrected chi connectivity index (χ1v) is 6.35. The Bertz CT molecular complexity index is 534. The summed E-state index contributed by atoms with van der Waals surface area (Å²) in [5.74, 6) is 0.0300. The van der Waals surface area contributed by atoms with Crippen molar-refractivity contribution in [2.45, 2.75) is 19.4 Å². The minimum atomic E-state index is -0.129. The van der Waals surface area contributed by atoms with E-state index in [4.69, 9.17) is 0 Å². The molecule has 1 unspecified atom stereocenters. The third kappa shape index (κ3) is 3.35. The van der Waals surface area contributed by atoms with Crippen molar-refractivity contribution < 1.29 is 9.90 Å². The molecular weight excluding hydrogens is 238 g/mol. The zero-order chi connectivity index (χ0) is 13.7. The highest BCUT2D eigenvalue weighted by atomic mass is 16.3. The predicted molar refractivity (Wildman–Crippen MR) is 75.0 cm³/mol. The number of hydrogen-bond donors (Lipinski definition) is 2. The van der Waals surface area contributed by atoms with Gasteiger partial charge in [0.1, 0.15) is 5.75 Å². The first-order valence-electron chi connectivity index (χ1n) is 6.35. The van der Waals surface area contributed by atoms with E-state index in [2.05, 4.69) is 5.32 Å². The number of amides is 1. The first kappa shape index (κ1) is 13.1. The van der Waals surface area contributed by atoms with Crippen LogP contribution in [0.15, 0.2) is 54.6 Å². The maximum atomic E-state index is 12.1. The maximum Gasteiger partial charge on any atom is 0.251 e. The van der Waals surface area contributed by atoms with Gasteiger partial charge >= 0.3 is 0 Å². The molecule has 0 heterocycles. The van der Waals surface area contributed by atoms with Crippen LogP contribution in [0.25, 0.3) is 0 Å². The molecule has 0 radical (unpaired) electrons. The van der Waals surface area contributed by atoms with Crippen LogP contribution in [0.5, 0.6) is 5.75 Å². The molecule has 0 aliphatic rings. The summed E-state index contributed by atoms with van der Waals surface area (Å²) in [6.45, 7) is 2.04. The van der Waals surface area contributed by atoms with E-state index >= 15 is 0 Å². The molecule has 0 spiro atoms. The van der Waals surface area contributed by atoms with Crippen molar-refractivity contribution in [3.05, 3.63) is 65.7 Å². The van der Waals surface area contributed by atoms with Crippen molar-refractivity contribution in [2.75, 3.05) is 0 Å². The normalized spacial score (nSPS) is 11.8. The monoisotopic (exact) mass is 255 g/mol. The van der Waals surface area contributed by atoms with Crippen LogP contribution in [-0.4, -0.2) is 11.0 Å². The molecule has 2 N–H and O–H groups in total. The maximum absolute atomic E-state index is 12.1. The number of nitrogens with one attached hydrogen (secondary N) is 1. The molecule has 19 heavy (non-hydrogen) atoms. The highest BCUT2D eigenvalue weighted by Gasteiger charge is 2.13. The Kier molecular flexibility index (Phi) is 4.18. The van der Waals surface area contributed by atoms with Crippen LogP contribution in [0.1, 0.15) is 35.3 Å². The molecule has 0 saturated carbocycles. The number of aromatic hydroxyl groups is 1. The van der Waals surface area contributed by atoms with Gasteiger partial charge in [0.15, 0.2) is 0 Å². The van der Waals surface area contributed by atoms with Crippen LogP contribution < -0.4 is 5.32 Å². The van der Waals surface area contributed by atoms with Crippen LogP contribution in [0.4, 0.5) is 0 Å². The number of rotatable bonds is 4. The quantitative estimate of drug-likeness (QED) is 0.880. The molecule has 2 aromatic carbocycles. The van der Waals surface area contributed by atoms with E-state index < -0.39 is 0 Å². The summed E-state index contributed by atoms with van der Waals surface area (Å²) in [6.07, 6.45) is 0.827. The van der Waals surface area contributed by atoms with E-state index in [1.54, 1.807) is 12.1 Å². The Morgan fingerprint density at radius 3 is 2.32 bits per heavy atom. The molecule has 2 aromatic rings. The number of carbonyl (C=O) groups excluding carboxylic acids is 1. The Labute approximate surface area is 112 Å². The molecule has 2 rings (SSSR count). The average molecular weight is 255 g/mol. The Balaban J connectivity index is 2.10.